The molecular weight excluding hydrogens is 1880 g/mol. The van der Waals surface area contributed by atoms with Gasteiger partial charge in [0.25, 0.3) is 0 Å². The average Bonchev–Trinajstić information content (AvgIpc) is 1.70. The van der Waals surface area contributed by atoms with Gasteiger partial charge in [0.05, 0.1) is 201 Å². The van der Waals surface area contributed by atoms with Gasteiger partial charge in [-0.15, -0.1) is 0 Å². The van der Waals surface area contributed by atoms with Gasteiger partial charge in [0.15, 0.2) is 65.6 Å². The Morgan fingerprint density at radius 3 is 1.17 bits per heavy atom. The van der Waals surface area contributed by atoms with Crippen molar-refractivity contribution < 1.29 is 161 Å². The first-order valence-corrected chi connectivity index (χ1v) is 40.3. The Hall–Kier alpha value is -9.92. The zero-order valence-corrected chi connectivity index (χ0v) is 77.0. The van der Waals surface area contributed by atoms with Gasteiger partial charge in [0, 0.05) is 39.7 Å². The standard InChI is InChI=1S/C19H23ClFNO9.C14H15ClFNO5.C13H14ClFO4.C12H14ClFO3.C10H10ClFO2.C8H6ClFO2.C5H8O3.CH3F.CH3NO2.CH4/c1-5-29-16-11(19(2)30-6-7-31-19)8-12(20)15(21)13(16)10(9-22(25)26)14(17(23)27-3)18(24)28-4;1-3-20-13-9(4-5-17(18)19)12(16)11(15)8-10(13)14(2)21-6-7-22-14;1-3-17-12-8(7-16)11(15)10(14)6-9(12)13(2)18-4-5-19-13;1-3-15-11-7-10(14)9(13)6-8(11)12(2)16-4-5-17-12;1-3-14-10-5-9(12)8(11)4-7(10)6(2)13;1-4(11)5-2-6(9)7(10)3-8(5)12;1-4(6)3-5(7)8-2;1-2;1-2(3)4;/h8,10,14H,5-7,9H2,1-4H3;4-5,8H,3,6-7H2,1-2H3;6-7H,3-5H2,1-2H3;6-7H,3-5H2,1-2H3;4-5H,3H2,1-2H3;2-3,12H,1H3;3H2,1-2H3;1H3;1H3;1H4/b;5-4+;;;;;;;;/t10-;;;;;;;;;/m0........./s1/i;;;;;;;1D;;. The van der Waals surface area contributed by atoms with Crippen molar-refractivity contribution >= 4 is 117 Å². The molecule has 1 atom stereocenters. The number of alkyl halides is 1. The second kappa shape index (κ2) is 56.7. The van der Waals surface area contributed by atoms with Gasteiger partial charge in [-0.05, 0) is 119 Å². The van der Waals surface area contributed by atoms with Crippen molar-refractivity contribution in [3.8, 4) is 34.5 Å². The van der Waals surface area contributed by atoms with E-state index in [4.69, 9.17) is 148 Å². The number of rotatable bonds is 27. The zero-order chi connectivity index (χ0) is 99.1. The first-order valence-electron chi connectivity index (χ1n) is 38.7. The lowest BCUT2D eigenvalue weighted by atomic mass is 9.83. The monoisotopic (exact) mass is 1970 g/mol. The van der Waals surface area contributed by atoms with E-state index in [0.717, 1.165) is 45.5 Å². The van der Waals surface area contributed by atoms with Gasteiger partial charge in [-0.3, -0.25) is 68.3 Å². The summed E-state index contributed by atoms with van der Waals surface area (Å²) in [6.45, 7) is 22.7. The number of nitrogens with zero attached hydrogens (tertiary/aromatic N) is 3. The Morgan fingerprint density at radius 2 is 0.823 bits per heavy atom. The number of hydrogen-bond acceptors (Lipinski definition) is 30. The highest BCUT2D eigenvalue weighted by molar-refractivity contribution is 6.33. The third-order valence-corrected chi connectivity index (χ3v) is 19.1. The fraction of sp³-hybridized carbons (Fsp3) is 0.464. The van der Waals surface area contributed by atoms with Crippen LogP contribution < -0.4 is 23.7 Å². The summed E-state index contributed by atoms with van der Waals surface area (Å²) in [6.07, 6.45) is 1.90. The number of phenols is 1. The van der Waals surface area contributed by atoms with Gasteiger partial charge < -0.3 is 80.9 Å². The van der Waals surface area contributed by atoms with Gasteiger partial charge in [0.2, 0.25) is 12.7 Å². The normalized spacial score (nSPS) is 14.5. The third kappa shape index (κ3) is 34.0. The lowest BCUT2D eigenvalue weighted by Gasteiger charge is -2.30. The third-order valence-electron chi connectivity index (χ3n) is 17.4. The minimum absolute atomic E-state index is 0. The molecule has 0 radical (unpaired) electrons. The Morgan fingerprint density at radius 1 is 0.500 bits per heavy atom. The first-order chi connectivity index (χ1) is 61.0. The van der Waals surface area contributed by atoms with E-state index in [0.29, 0.717) is 93.3 Å². The molecule has 6 aromatic rings. The fourth-order valence-electron chi connectivity index (χ4n) is 11.7. The van der Waals surface area contributed by atoms with Crippen LogP contribution in [0.4, 0.5) is 30.7 Å². The number of ketones is 3. The lowest BCUT2D eigenvalue weighted by molar-refractivity contribution is -0.484. The molecule has 0 aromatic heterocycles. The molecule has 6 aromatic carbocycles. The Labute approximate surface area is 775 Å². The Bertz CT molecular complexity index is 4910. The van der Waals surface area contributed by atoms with Crippen molar-refractivity contribution in [2.24, 2.45) is 5.92 Å². The van der Waals surface area contributed by atoms with Gasteiger partial charge >= 0.3 is 17.9 Å². The van der Waals surface area contributed by atoms with E-state index in [1.165, 1.54) is 64.3 Å². The van der Waals surface area contributed by atoms with Crippen LogP contribution in [0.1, 0.15) is 169 Å². The van der Waals surface area contributed by atoms with Crippen molar-refractivity contribution in [3.05, 3.63) is 206 Å². The van der Waals surface area contributed by atoms with Gasteiger partial charge in [-0.2, -0.15) is 0 Å². The topological polar surface area (TPSA) is 417 Å². The van der Waals surface area contributed by atoms with Crippen molar-refractivity contribution in [2.75, 3.05) is 128 Å². The van der Waals surface area contributed by atoms with Gasteiger partial charge in [0.1, 0.15) is 70.0 Å². The van der Waals surface area contributed by atoms with E-state index in [2.05, 4.69) is 14.2 Å². The van der Waals surface area contributed by atoms with Crippen LogP contribution >= 0.6 is 69.6 Å². The number of phenolic OH excluding ortho intramolecular Hbond substituents is 1. The van der Waals surface area contributed by atoms with E-state index in [-0.39, 0.29) is 140 Å². The molecule has 4 saturated heterocycles. The number of nitro groups is 3. The van der Waals surface area contributed by atoms with Crippen LogP contribution in [0, 0.1) is 71.2 Å². The Balaban J connectivity index is 0.000000776. The number of esters is 3. The minimum Gasteiger partial charge on any atom is -0.507 e. The molecule has 4 fully saturated rings. The molecule has 10 rings (SSSR count). The molecule has 130 heavy (non-hydrogen) atoms. The number of Topliss-reactive ketones (excluding diaryl/α,β-unsaturated/α-hetero) is 3. The minimum atomic E-state index is -1.85. The average molecular weight is 1980 g/mol. The van der Waals surface area contributed by atoms with Crippen LogP contribution in [0.15, 0.2) is 60.8 Å². The largest absolute Gasteiger partial charge is 0.507 e. The molecule has 4 heterocycles. The van der Waals surface area contributed by atoms with E-state index < -0.39 is 127 Å². The van der Waals surface area contributed by atoms with E-state index in [1.807, 2.05) is 6.92 Å². The SMILES string of the molecule is C.CC(=O)c1cc(Cl)c(F)cc1O.CCOc1c(C2(C)OCCO2)cc(Cl)c(F)c1/C=C/[N+](=O)[O-].CCOc1c(C2(C)OCCO2)cc(Cl)c(F)c1C=O.CCOc1c(C2(C)OCCO2)cc(Cl)c(F)c1[C@H](C[N+](=O)[O-])C(C(=O)OC)C(=O)OC.CCOc1cc(F)c(Cl)cc1C(C)=O.CCOc1cc(F)c(Cl)cc1C1(C)OCCO1.COC(=O)CC(C)=O.C[N+](=O)[O-].[2H]CF. The molecule has 1 N–H and O–H groups in total. The zero-order valence-electron chi connectivity index (χ0n) is 73.4. The fourth-order valence-corrected chi connectivity index (χ4v) is 12.9. The second-order valence-corrected chi connectivity index (χ2v) is 28.7. The summed E-state index contributed by atoms with van der Waals surface area (Å²) in [4.78, 5) is 107. The van der Waals surface area contributed by atoms with Crippen molar-refractivity contribution in [1.29, 1.82) is 0 Å². The van der Waals surface area contributed by atoms with Crippen LogP contribution in [0.3, 0.4) is 0 Å². The summed E-state index contributed by atoms with van der Waals surface area (Å²) < 4.78 is 183. The molecule has 0 aliphatic carbocycles. The number of carbonyl (C=O) groups is 7. The van der Waals surface area contributed by atoms with Gasteiger partial charge in [-0.25, -0.2) is 26.3 Å². The quantitative estimate of drug-likeness (QED) is 0.00731. The molecular formula is C84H100Cl6F7N3O30. The van der Waals surface area contributed by atoms with Crippen LogP contribution in [-0.2, 0) is 94.4 Å². The number of aromatic hydroxyl groups is 1. The summed E-state index contributed by atoms with van der Waals surface area (Å²) in [5.74, 6) is -15.7. The van der Waals surface area contributed by atoms with Crippen LogP contribution in [0.2, 0.25) is 30.1 Å². The van der Waals surface area contributed by atoms with Crippen LogP contribution in [-0.4, -0.2) is 189 Å². The van der Waals surface area contributed by atoms with Crippen molar-refractivity contribution in [2.45, 2.75) is 126 Å². The molecule has 0 unspecified atom stereocenters. The highest BCUT2D eigenvalue weighted by Gasteiger charge is 2.48. The van der Waals surface area contributed by atoms with Crippen molar-refractivity contribution in [1.82, 2.24) is 0 Å². The highest BCUT2D eigenvalue weighted by Crippen LogP contribution is 2.49. The molecule has 0 amide bonds. The number of hydrogen-bond donors (Lipinski definition) is 1. The molecule has 0 spiro atoms. The smallest absolute Gasteiger partial charge is 0.320 e. The molecule has 0 bridgehead atoms. The van der Waals surface area contributed by atoms with E-state index in [9.17, 15) is 80.1 Å². The maximum Gasteiger partial charge on any atom is 0.320 e. The predicted octanol–water partition coefficient (Wildman–Crippen LogP) is 18.5. The molecule has 0 saturated carbocycles. The van der Waals surface area contributed by atoms with Crippen LogP contribution in [0.25, 0.3) is 6.08 Å². The van der Waals surface area contributed by atoms with E-state index >= 15 is 4.39 Å². The summed E-state index contributed by atoms with van der Waals surface area (Å²) in [6, 6.07) is 11.0. The summed E-state index contributed by atoms with van der Waals surface area (Å²) >= 11 is 34.5. The number of carbonyl (C=O) groups excluding carboxylic acids is 7. The maximum absolute atomic E-state index is 15.4. The van der Waals surface area contributed by atoms with Crippen LogP contribution in [0.5, 0.6) is 34.5 Å². The van der Waals surface area contributed by atoms with E-state index in [1.54, 1.807) is 55.4 Å². The maximum atomic E-state index is 15.4. The molecule has 33 nitrogen and oxygen atoms in total. The lowest BCUT2D eigenvalue weighted by Crippen LogP contribution is -2.36. The molecule has 4 aliphatic rings. The number of aldehydes is 1. The van der Waals surface area contributed by atoms with Gasteiger partial charge in [-0.1, -0.05) is 77.0 Å². The molecule has 722 valence electrons. The summed E-state index contributed by atoms with van der Waals surface area (Å²) in [5.41, 5.74) is 1.15. The number of benzene rings is 6. The summed E-state index contributed by atoms with van der Waals surface area (Å²) in [7, 11) is 3.13. The summed E-state index contributed by atoms with van der Waals surface area (Å²) in [5, 5.41) is 38.8. The van der Waals surface area contributed by atoms with Crippen molar-refractivity contribution in [3.63, 3.8) is 0 Å². The molecule has 46 heteroatoms. The second-order valence-electron chi connectivity index (χ2n) is 26.3. The Kier molecular flexibility index (Phi) is 50.7. The number of methoxy groups -OCH3 is 3. The number of ether oxygens (including phenoxy) is 16. The first kappa shape index (κ1) is 116. The molecule has 4 aliphatic heterocycles. The predicted molar refractivity (Wildman–Crippen MR) is 461 cm³/mol. The number of halogens is 13. The highest BCUT2D eigenvalue weighted by atomic mass is 35.5.